The Kier molecular flexibility index (Phi) is 5.15. The van der Waals surface area contributed by atoms with Gasteiger partial charge in [0.25, 0.3) is 0 Å². The quantitative estimate of drug-likeness (QED) is 0.586. The maximum atomic E-state index is 14.2. The Hall–Kier alpha value is -0.410. The van der Waals surface area contributed by atoms with Crippen LogP contribution in [-0.2, 0) is 10.0 Å². The molecule has 21 heavy (non-hydrogen) atoms. The third-order valence-electron chi connectivity index (χ3n) is 3.55. The second kappa shape index (κ2) is 6.37. The molecule has 1 saturated carbocycles. The van der Waals surface area contributed by atoms with Crippen molar-refractivity contribution in [3.8, 4) is 0 Å². The van der Waals surface area contributed by atoms with Gasteiger partial charge in [0.2, 0.25) is 10.0 Å². The minimum absolute atomic E-state index is 0.0185. The molecule has 1 aliphatic carbocycles. The molecule has 0 heterocycles. The minimum atomic E-state index is -4.10. The fraction of sp³-hybridized carbons (Fsp3) is 0.500. The van der Waals surface area contributed by atoms with Crippen LogP contribution in [0.15, 0.2) is 15.4 Å². The molecule has 1 aliphatic rings. The Bertz CT molecular complexity index is 652. The standard InChI is InChI=1S/C12H15BrClFN2O3S/c13-10-8(14)6-9(11(15)12(10)16)21(19,20)17(4-5-18)7-2-1-3-7/h6-7,18H,1-5,16H2. The molecule has 1 aromatic rings. The molecule has 0 aromatic heterocycles. The molecule has 0 atom stereocenters. The summed E-state index contributed by atoms with van der Waals surface area (Å²) in [6, 6.07) is 0.820. The second-order valence-corrected chi connectivity index (χ2v) is 7.88. The number of rotatable bonds is 5. The number of aliphatic hydroxyl groups excluding tert-OH is 1. The Labute approximate surface area is 136 Å². The average Bonchev–Trinajstić information content (AvgIpc) is 2.37. The van der Waals surface area contributed by atoms with Crippen molar-refractivity contribution >= 4 is 43.2 Å². The third-order valence-corrected chi connectivity index (χ3v) is 6.88. The molecule has 0 spiro atoms. The number of benzene rings is 1. The molecule has 0 saturated heterocycles. The van der Waals surface area contributed by atoms with Gasteiger partial charge in [-0.2, -0.15) is 4.31 Å². The van der Waals surface area contributed by atoms with Gasteiger partial charge in [0.05, 0.1) is 21.8 Å². The fourth-order valence-corrected chi connectivity index (χ4v) is 4.53. The van der Waals surface area contributed by atoms with E-state index >= 15 is 0 Å². The summed E-state index contributed by atoms with van der Waals surface area (Å²) in [5, 5.41) is 9.10. The first kappa shape index (κ1) is 17.0. The van der Waals surface area contributed by atoms with E-state index in [2.05, 4.69) is 15.9 Å². The third kappa shape index (κ3) is 3.05. The molecule has 0 bridgehead atoms. The van der Waals surface area contributed by atoms with Gasteiger partial charge >= 0.3 is 0 Å². The summed E-state index contributed by atoms with van der Waals surface area (Å²) in [6.45, 7) is -0.420. The number of sulfonamides is 1. The minimum Gasteiger partial charge on any atom is -0.395 e. The number of hydrogen-bond acceptors (Lipinski definition) is 4. The number of hydrogen-bond donors (Lipinski definition) is 2. The van der Waals surface area contributed by atoms with Crippen molar-refractivity contribution < 1.29 is 17.9 Å². The van der Waals surface area contributed by atoms with Crippen molar-refractivity contribution in [2.24, 2.45) is 0 Å². The SMILES string of the molecule is Nc1c(F)c(S(=O)(=O)N(CCO)C2CCC2)cc(Cl)c1Br. The van der Waals surface area contributed by atoms with Gasteiger partial charge in [0.15, 0.2) is 5.82 Å². The van der Waals surface area contributed by atoms with E-state index in [0.717, 1.165) is 16.8 Å². The van der Waals surface area contributed by atoms with Crippen LogP contribution in [0.5, 0.6) is 0 Å². The highest BCUT2D eigenvalue weighted by molar-refractivity contribution is 9.10. The molecule has 0 radical (unpaired) electrons. The van der Waals surface area contributed by atoms with Gasteiger partial charge in [-0.25, -0.2) is 12.8 Å². The number of anilines is 1. The van der Waals surface area contributed by atoms with Crippen LogP contribution in [-0.4, -0.2) is 37.0 Å². The van der Waals surface area contributed by atoms with E-state index in [4.69, 9.17) is 22.4 Å². The van der Waals surface area contributed by atoms with E-state index in [-0.39, 0.29) is 34.4 Å². The maximum Gasteiger partial charge on any atom is 0.246 e. The Morgan fingerprint density at radius 2 is 2.14 bits per heavy atom. The lowest BCUT2D eigenvalue weighted by molar-refractivity contribution is 0.178. The second-order valence-electron chi connectivity index (χ2n) is 4.82. The summed E-state index contributed by atoms with van der Waals surface area (Å²) in [5.41, 5.74) is 5.19. The van der Waals surface area contributed by atoms with Gasteiger partial charge in [-0.15, -0.1) is 0 Å². The zero-order valence-corrected chi connectivity index (χ0v) is 14.2. The summed E-state index contributed by atoms with van der Waals surface area (Å²) in [7, 11) is -4.10. The van der Waals surface area contributed by atoms with E-state index < -0.39 is 20.7 Å². The van der Waals surface area contributed by atoms with Crippen LogP contribution >= 0.6 is 27.5 Å². The highest BCUT2D eigenvalue weighted by Crippen LogP contribution is 2.37. The first-order chi connectivity index (χ1) is 9.80. The number of halogens is 3. The zero-order chi connectivity index (χ0) is 15.8. The highest BCUT2D eigenvalue weighted by atomic mass is 79.9. The summed E-state index contributed by atoms with van der Waals surface area (Å²) < 4.78 is 40.8. The van der Waals surface area contributed by atoms with Crippen molar-refractivity contribution in [3.05, 3.63) is 21.4 Å². The van der Waals surface area contributed by atoms with Crippen LogP contribution in [0.4, 0.5) is 10.1 Å². The summed E-state index contributed by atoms with van der Waals surface area (Å²) in [5.74, 6) is -1.03. The molecule has 0 amide bonds. The predicted octanol–water partition coefficient (Wildman–Crippen LogP) is 2.36. The lowest BCUT2D eigenvalue weighted by Gasteiger charge is -2.36. The summed E-state index contributed by atoms with van der Waals surface area (Å²) >= 11 is 8.89. The lowest BCUT2D eigenvalue weighted by atomic mass is 9.93. The van der Waals surface area contributed by atoms with Crippen molar-refractivity contribution in [3.63, 3.8) is 0 Å². The number of nitrogens with zero attached hydrogens (tertiary/aromatic N) is 1. The van der Waals surface area contributed by atoms with Gasteiger partial charge < -0.3 is 10.8 Å². The van der Waals surface area contributed by atoms with Crippen LogP contribution in [0, 0.1) is 5.82 Å². The predicted molar refractivity (Wildman–Crippen MR) is 82.1 cm³/mol. The molecular weight excluding hydrogens is 387 g/mol. The van der Waals surface area contributed by atoms with Crippen molar-refractivity contribution in [1.29, 1.82) is 0 Å². The highest BCUT2D eigenvalue weighted by Gasteiger charge is 2.37. The molecule has 1 fully saturated rings. The molecular formula is C12H15BrClFN2O3S. The Morgan fingerprint density at radius 3 is 2.62 bits per heavy atom. The number of aliphatic hydroxyl groups is 1. The first-order valence-corrected chi connectivity index (χ1v) is 8.97. The molecule has 9 heteroatoms. The topological polar surface area (TPSA) is 83.6 Å². The van der Waals surface area contributed by atoms with Crippen LogP contribution < -0.4 is 5.73 Å². The van der Waals surface area contributed by atoms with Gasteiger partial charge in [-0.05, 0) is 34.8 Å². The smallest absolute Gasteiger partial charge is 0.246 e. The van der Waals surface area contributed by atoms with E-state index in [1.807, 2.05) is 0 Å². The molecule has 1 aromatic carbocycles. The zero-order valence-electron chi connectivity index (χ0n) is 11.0. The normalized spacial score (nSPS) is 16.2. The van der Waals surface area contributed by atoms with Crippen molar-refractivity contribution in [2.75, 3.05) is 18.9 Å². The summed E-state index contributed by atoms with van der Waals surface area (Å²) in [6.07, 6.45) is 2.30. The summed E-state index contributed by atoms with van der Waals surface area (Å²) in [4.78, 5) is -0.562. The molecule has 0 aliphatic heterocycles. The van der Waals surface area contributed by atoms with Crippen LogP contribution in [0.25, 0.3) is 0 Å². The Morgan fingerprint density at radius 1 is 1.52 bits per heavy atom. The van der Waals surface area contributed by atoms with Gasteiger partial charge in [0.1, 0.15) is 4.90 Å². The first-order valence-electron chi connectivity index (χ1n) is 6.36. The molecule has 3 N–H and O–H groups in total. The molecule has 5 nitrogen and oxygen atoms in total. The monoisotopic (exact) mass is 400 g/mol. The largest absolute Gasteiger partial charge is 0.395 e. The van der Waals surface area contributed by atoms with Gasteiger partial charge in [-0.3, -0.25) is 0 Å². The van der Waals surface area contributed by atoms with E-state index in [0.29, 0.717) is 12.8 Å². The molecule has 0 unspecified atom stereocenters. The Balaban J connectivity index is 2.52. The van der Waals surface area contributed by atoms with Crippen LogP contribution in [0.1, 0.15) is 19.3 Å². The molecule has 2 rings (SSSR count). The number of nitrogens with two attached hydrogens (primary N) is 1. The van der Waals surface area contributed by atoms with E-state index in [1.54, 1.807) is 0 Å². The average molecular weight is 402 g/mol. The van der Waals surface area contributed by atoms with Crippen LogP contribution in [0.3, 0.4) is 0 Å². The molecule has 118 valence electrons. The van der Waals surface area contributed by atoms with Crippen LogP contribution in [0.2, 0.25) is 5.02 Å². The lowest BCUT2D eigenvalue weighted by Crippen LogP contribution is -2.45. The van der Waals surface area contributed by atoms with Gasteiger partial charge in [0, 0.05) is 12.6 Å². The van der Waals surface area contributed by atoms with Crippen molar-refractivity contribution in [1.82, 2.24) is 4.31 Å². The van der Waals surface area contributed by atoms with Gasteiger partial charge in [-0.1, -0.05) is 18.0 Å². The van der Waals surface area contributed by atoms with E-state index in [9.17, 15) is 12.8 Å². The maximum absolute atomic E-state index is 14.2. The van der Waals surface area contributed by atoms with E-state index in [1.165, 1.54) is 0 Å². The number of nitrogen functional groups attached to an aromatic ring is 1. The fourth-order valence-electron chi connectivity index (χ4n) is 2.19. The van der Waals surface area contributed by atoms with Crippen molar-refractivity contribution in [2.45, 2.75) is 30.2 Å².